The van der Waals surface area contributed by atoms with Crippen molar-refractivity contribution in [1.29, 1.82) is 0 Å². The number of hydrogen-bond donors (Lipinski definition) is 1. The Morgan fingerprint density at radius 3 is 2.48 bits per heavy atom. The highest BCUT2D eigenvalue weighted by molar-refractivity contribution is 7.88. The maximum absolute atomic E-state index is 12.0. The van der Waals surface area contributed by atoms with Gasteiger partial charge >= 0.3 is 0 Å². The molecule has 2 aliphatic rings. The van der Waals surface area contributed by atoms with Gasteiger partial charge in [0, 0.05) is 44.6 Å². The molecule has 0 radical (unpaired) electrons. The third-order valence-corrected chi connectivity index (χ3v) is 7.63. The van der Waals surface area contributed by atoms with Crippen molar-refractivity contribution in [3.8, 4) is 0 Å². The minimum absolute atomic E-state index is 0.0866. The van der Waals surface area contributed by atoms with E-state index in [4.69, 9.17) is 4.74 Å². The zero-order valence-electron chi connectivity index (χ0n) is 19.9. The Kier molecular flexibility index (Phi) is 7.56. The number of ether oxygens (including phenoxy) is 1. The second-order valence-electron chi connectivity index (χ2n) is 9.53. The first-order chi connectivity index (χ1) is 15.8. The molecular weight excluding hydrogens is 436 g/mol. The zero-order chi connectivity index (χ0) is 23.4. The van der Waals surface area contributed by atoms with Crippen LogP contribution in [-0.2, 0) is 14.8 Å². The first kappa shape index (κ1) is 24.0. The third kappa shape index (κ3) is 6.25. The molecule has 2 fully saturated rings. The van der Waals surface area contributed by atoms with Crippen LogP contribution >= 0.6 is 0 Å². The van der Waals surface area contributed by atoms with Gasteiger partial charge < -0.3 is 14.5 Å². The van der Waals surface area contributed by atoms with Crippen LogP contribution in [0, 0.1) is 0 Å². The van der Waals surface area contributed by atoms with Crippen LogP contribution in [0.25, 0.3) is 0 Å². The van der Waals surface area contributed by atoms with Gasteiger partial charge in [-0.1, -0.05) is 30.3 Å². The number of sulfonamides is 1. The summed E-state index contributed by atoms with van der Waals surface area (Å²) < 4.78 is 33.3. The molecule has 33 heavy (non-hydrogen) atoms. The predicted octanol–water partition coefficient (Wildman–Crippen LogP) is 3.39. The van der Waals surface area contributed by atoms with E-state index in [1.165, 1.54) is 11.8 Å². The Morgan fingerprint density at radius 1 is 1.09 bits per heavy atom. The molecule has 1 N–H and O–H groups in total. The molecule has 0 unspecified atom stereocenters. The molecule has 1 aromatic heterocycles. The summed E-state index contributed by atoms with van der Waals surface area (Å²) in [6.45, 7) is 1.23. The molecule has 0 spiro atoms. The Balaban J connectivity index is 1.42. The molecule has 0 bridgehead atoms. The summed E-state index contributed by atoms with van der Waals surface area (Å²) in [7, 11) is 0.697. The van der Waals surface area contributed by atoms with Crippen molar-refractivity contribution < 1.29 is 13.2 Å². The molecule has 180 valence electrons. The molecule has 1 saturated heterocycles. The van der Waals surface area contributed by atoms with Gasteiger partial charge in [-0.25, -0.2) is 18.1 Å². The van der Waals surface area contributed by atoms with Gasteiger partial charge in [0.15, 0.2) is 0 Å². The highest BCUT2D eigenvalue weighted by Crippen LogP contribution is 2.35. The lowest BCUT2D eigenvalue weighted by Crippen LogP contribution is -2.48. The lowest BCUT2D eigenvalue weighted by molar-refractivity contribution is 0.0156. The van der Waals surface area contributed by atoms with Crippen molar-refractivity contribution in [2.45, 2.75) is 56.2 Å². The van der Waals surface area contributed by atoms with Crippen LogP contribution < -0.4 is 14.5 Å². The summed E-state index contributed by atoms with van der Waals surface area (Å²) in [5, 5.41) is 0. The average Bonchev–Trinajstić information content (AvgIpc) is 3.19. The van der Waals surface area contributed by atoms with Gasteiger partial charge in [-0.3, -0.25) is 0 Å². The van der Waals surface area contributed by atoms with E-state index in [0.717, 1.165) is 50.2 Å². The van der Waals surface area contributed by atoms with Gasteiger partial charge in [-0.05, 0) is 49.7 Å². The SMILES string of the molecule is CN(C)c1ccnc(N2CC[C@H](NS(C)(=O)=O)[C@@H]2COC2CCC(c3ccccc3)CC2)c1. The van der Waals surface area contributed by atoms with E-state index in [1.54, 1.807) is 0 Å². The molecule has 1 aliphatic heterocycles. The molecule has 1 aromatic carbocycles. The minimum atomic E-state index is -3.31. The number of nitrogens with zero attached hydrogens (tertiary/aromatic N) is 3. The summed E-state index contributed by atoms with van der Waals surface area (Å²) in [4.78, 5) is 8.84. The molecule has 2 atom stereocenters. The lowest BCUT2D eigenvalue weighted by atomic mass is 9.83. The number of nitrogens with one attached hydrogen (secondary N) is 1. The summed E-state index contributed by atoms with van der Waals surface area (Å²) in [6.07, 6.45) is 8.30. The monoisotopic (exact) mass is 472 g/mol. The number of aromatic nitrogens is 1. The molecule has 4 rings (SSSR count). The van der Waals surface area contributed by atoms with Crippen molar-refractivity contribution in [2.24, 2.45) is 0 Å². The Labute approximate surface area is 198 Å². The molecule has 2 heterocycles. The van der Waals surface area contributed by atoms with E-state index < -0.39 is 10.0 Å². The topological polar surface area (TPSA) is 74.8 Å². The fourth-order valence-electron chi connectivity index (χ4n) is 5.12. The van der Waals surface area contributed by atoms with Gasteiger partial charge in [-0.15, -0.1) is 0 Å². The maximum Gasteiger partial charge on any atom is 0.209 e. The molecule has 1 aliphatic carbocycles. The largest absolute Gasteiger partial charge is 0.378 e. The maximum atomic E-state index is 12.0. The van der Waals surface area contributed by atoms with Crippen molar-refractivity contribution in [3.63, 3.8) is 0 Å². The van der Waals surface area contributed by atoms with Crippen LogP contribution in [0.15, 0.2) is 48.7 Å². The minimum Gasteiger partial charge on any atom is -0.378 e. The molecule has 8 heteroatoms. The second-order valence-corrected chi connectivity index (χ2v) is 11.3. The number of anilines is 2. The fourth-order valence-corrected chi connectivity index (χ4v) is 5.95. The Hall–Kier alpha value is -2.16. The Morgan fingerprint density at radius 2 is 1.82 bits per heavy atom. The summed E-state index contributed by atoms with van der Waals surface area (Å²) in [5.41, 5.74) is 2.49. The summed E-state index contributed by atoms with van der Waals surface area (Å²) in [6, 6.07) is 14.5. The van der Waals surface area contributed by atoms with Crippen molar-refractivity contribution in [2.75, 3.05) is 43.3 Å². The van der Waals surface area contributed by atoms with Crippen LogP contribution in [0.3, 0.4) is 0 Å². The van der Waals surface area contributed by atoms with Gasteiger partial charge in [0.2, 0.25) is 10.0 Å². The standard InChI is InChI=1S/C25H36N4O3S/c1-28(2)21-13-15-26-25(17-21)29-16-14-23(27-33(3,30)31)24(29)18-32-22-11-9-20(10-12-22)19-7-5-4-6-8-19/h4-8,13,15,17,20,22-24,27H,9-12,14,16,18H2,1-3H3/t20?,22?,23-,24-/m0/s1. The van der Waals surface area contributed by atoms with E-state index >= 15 is 0 Å². The van der Waals surface area contributed by atoms with Gasteiger partial charge in [0.25, 0.3) is 0 Å². The van der Waals surface area contributed by atoms with E-state index in [1.807, 2.05) is 31.3 Å². The number of rotatable bonds is 8. The summed E-state index contributed by atoms with van der Waals surface area (Å²) in [5.74, 6) is 1.46. The third-order valence-electron chi connectivity index (χ3n) is 6.90. The molecule has 1 saturated carbocycles. The van der Waals surface area contributed by atoms with Crippen molar-refractivity contribution >= 4 is 21.5 Å². The molecule has 2 aromatic rings. The van der Waals surface area contributed by atoms with E-state index in [2.05, 4.69) is 51.0 Å². The molecule has 7 nitrogen and oxygen atoms in total. The van der Waals surface area contributed by atoms with Crippen LogP contribution in [0.5, 0.6) is 0 Å². The van der Waals surface area contributed by atoms with Gasteiger partial charge in [0.05, 0.1) is 25.0 Å². The van der Waals surface area contributed by atoms with Crippen molar-refractivity contribution in [1.82, 2.24) is 9.71 Å². The second kappa shape index (κ2) is 10.4. The quantitative estimate of drug-likeness (QED) is 0.635. The predicted molar refractivity (Wildman–Crippen MR) is 133 cm³/mol. The van der Waals surface area contributed by atoms with E-state index in [0.29, 0.717) is 12.5 Å². The number of benzene rings is 1. The molecule has 0 amide bonds. The normalized spacial score (nSPS) is 25.8. The van der Waals surface area contributed by atoms with Crippen LogP contribution in [0.1, 0.15) is 43.6 Å². The van der Waals surface area contributed by atoms with Crippen LogP contribution in [-0.4, -0.2) is 65.1 Å². The highest BCUT2D eigenvalue weighted by Gasteiger charge is 2.37. The van der Waals surface area contributed by atoms with E-state index in [9.17, 15) is 8.42 Å². The Bertz CT molecular complexity index is 1010. The number of hydrogen-bond acceptors (Lipinski definition) is 6. The summed E-state index contributed by atoms with van der Waals surface area (Å²) >= 11 is 0. The van der Waals surface area contributed by atoms with Crippen LogP contribution in [0.4, 0.5) is 11.5 Å². The van der Waals surface area contributed by atoms with E-state index in [-0.39, 0.29) is 18.2 Å². The van der Waals surface area contributed by atoms with Crippen LogP contribution in [0.2, 0.25) is 0 Å². The van der Waals surface area contributed by atoms with Crippen molar-refractivity contribution in [3.05, 3.63) is 54.2 Å². The number of pyridine rings is 1. The fraction of sp³-hybridized carbons (Fsp3) is 0.560. The zero-order valence-corrected chi connectivity index (χ0v) is 20.7. The smallest absolute Gasteiger partial charge is 0.209 e. The van der Waals surface area contributed by atoms with Gasteiger partial charge in [0.1, 0.15) is 5.82 Å². The first-order valence-electron chi connectivity index (χ1n) is 11.8. The lowest BCUT2D eigenvalue weighted by Gasteiger charge is -2.33. The average molecular weight is 473 g/mol. The van der Waals surface area contributed by atoms with Gasteiger partial charge in [-0.2, -0.15) is 0 Å². The molecular formula is C25H36N4O3S. The first-order valence-corrected chi connectivity index (χ1v) is 13.7. The highest BCUT2D eigenvalue weighted by atomic mass is 32.2.